The Hall–Kier alpha value is -3.71. The van der Waals surface area contributed by atoms with Gasteiger partial charge in [0.2, 0.25) is 5.78 Å². The molecule has 0 saturated heterocycles. The molecule has 0 bridgehead atoms. The van der Waals surface area contributed by atoms with Crippen LogP contribution in [0.15, 0.2) is 72.5 Å². The largest absolute Gasteiger partial charge is 0.490 e. The molecule has 164 valence electrons. The molecule has 1 aliphatic heterocycles. The first kappa shape index (κ1) is 21.5. The normalized spacial score (nSPS) is 21.9. The van der Waals surface area contributed by atoms with Gasteiger partial charge >= 0.3 is 11.8 Å². The number of esters is 1. The second kappa shape index (κ2) is 8.43. The molecule has 2 atom stereocenters. The van der Waals surface area contributed by atoms with E-state index in [1.54, 1.807) is 55.5 Å². The van der Waals surface area contributed by atoms with E-state index >= 15 is 0 Å². The van der Waals surface area contributed by atoms with E-state index in [9.17, 15) is 19.5 Å². The summed E-state index contributed by atoms with van der Waals surface area (Å²) in [7, 11) is 0. The zero-order valence-electron chi connectivity index (χ0n) is 17.5. The number of carbonyl (C=O) groups excluding carboxylic acids is 3. The van der Waals surface area contributed by atoms with Gasteiger partial charge in [-0.2, -0.15) is 0 Å². The molecule has 4 rings (SSSR count). The van der Waals surface area contributed by atoms with Crippen LogP contribution in [0.1, 0.15) is 45.5 Å². The maximum absolute atomic E-state index is 13.4. The van der Waals surface area contributed by atoms with E-state index < -0.39 is 23.5 Å². The summed E-state index contributed by atoms with van der Waals surface area (Å²) in [5, 5.41) is 11.0. The van der Waals surface area contributed by atoms with Gasteiger partial charge in [0.25, 0.3) is 0 Å². The molecule has 0 fully saturated rings. The highest BCUT2D eigenvalue weighted by atomic mass is 16.7. The van der Waals surface area contributed by atoms with Crippen molar-refractivity contribution in [3.63, 3.8) is 0 Å². The zero-order chi connectivity index (χ0) is 22.9. The molecule has 0 spiro atoms. The van der Waals surface area contributed by atoms with Crippen LogP contribution >= 0.6 is 0 Å². The number of allylic oxidation sites excluding steroid dienone is 2. The van der Waals surface area contributed by atoms with Crippen molar-refractivity contribution in [1.82, 2.24) is 0 Å². The number of rotatable bonds is 6. The molecule has 2 aliphatic rings. The summed E-state index contributed by atoms with van der Waals surface area (Å²) in [6.07, 6.45) is 1.34. The van der Waals surface area contributed by atoms with Crippen LogP contribution in [-0.4, -0.2) is 41.6 Å². The molecule has 2 aromatic carbocycles. The van der Waals surface area contributed by atoms with Crippen LogP contribution in [0, 0.1) is 0 Å². The van der Waals surface area contributed by atoms with Crippen molar-refractivity contribution < 1.29 is 33.7 Å². The summed E-state index contributed by atoms with van der Waals surface area (Å²) >= 11 is 0. The van der Waals surface area contributed by atoms with Crippen LogP contribution in [0.5, 0.6) is 5.75 Å². The Labute approximate surface area is 184 Å². The average molecular weight is 434 g/mol. The Bertz CT molecular complexity index is 1130. The number of carbonyl (C=O) groups is 3. The molecule has 7 heteroatoms. The zero-order valence-corrected chi connectivity index (χ0v) is 17.5. The minimum absolute atomic E-state index is 0.0200. The number of hydrogen-bond acceptors (Lipinski definition) is 7. The van der Waals surface area contributed by atoms with Gasteiger partial charge in [0, 0.05) is 23.5 Å². The number of aliphatic hydroxyl groups is 1. The maximum Gasteiger partial charge on any atom is 0.379 e. The third-order valence-electron chi connectivity index (χ3n) is 5.46. The van der Waals surface area contributed by atoms with Crippen molar-refractivity contribution in [1.29, 1.82) is 0 Å². The first-order valence-electron chi connectivity index (χ1n) is 10.2. The fourth-order valence-corrected chi connectivity index (χ4v) is 3.98. The Morgan fingerprint density at radius 3 is 2.44 bits per heavy atom. The molecule has 0 amide bonds. The smallest absolute Gasteiger partial charge is 0.379 e. The Balaban J connectivity index is 1.82. The first-order valence-corrected chi connectivity index (χ1v) is 10.2. The standard InChI is InChI=1S/C25H22O7/c1-3-13-31-16-11-9-15(10-12-16)19-14-25(29,24(28)30-4-2)32-23-20(19)21(26)17-7-5-6-8-18(17)22(23)27/h3,5-12,19,29H,1,4,13-14H2,2H3/t19-,25?/m1/s1. The van der Waals surface area contributed by atoms with Gasteiger partial charge < -0.3 is 19.3 Å². The van der Waals surface area contributed by atoms with E-state index in [-0.39, 0.29) is 41.3 Å². The minimum Gasteiger partial charge on any atom is -0.490 e. The Morgan fingerprint density at radius 1 is 1.16 bits per heavy atom. The van der Waals surface area contributed by atoms with Crippen molar-refractivity contribution in [2.75, 3.05) is 13.2 Å². The maximum atomic E-state index is 13.4. The predicted octanol–water partition coefficient (Wildman–Crippen LogP) is 3.34. The van der Waals surface area contributed by atoms with Gasteiger partial charge in [0.1, 0.15) is 12.4 Å². The molecule has 1 N–H and O–H groups in total. The Kier molecular flexibility index (Phi) is 5.67. The van der Waals surface area contributed by atoms with E-state index in [1.807, 2.05) is 0 Å². The molecule has 1 unspecified atom stereocenters. The van der Waals surface area contributed by atoms with E-state index in [2.05, 4.69) is 6.58 Å². The summed E-state index contributed by atoms with van der Waals surface area (Å²) in [6.45, 7) is 5.56. The van der Waals surface area contributed by atoms with Crippen LogP contribution in [0.2, 0.25) is 0 Å². The van der Waals surface area contributed by atoms with Crippen LogP contribution < -0.4 is 4.74 Å². The van der Waals surface area contributed by atoms with Gasteiger partial charge in [-0.05, 0) is 24.6 Å². The summed E-state index contributed by atoms with van der Waals surface area (Å²) in [5.74, 6) is -4.86. The van der Waals surface area contributed by atoms with Crippen molar-refractivity contribution in [2.45, 2.75) is 25.0 Å². The summed E-state index contributed by atoms with van der Waals surface area (Å²) in [6, 6.07) is 13.3. The van der Waals surface area contributed by atoms with Crippen LogP contribution in [0.25, 0.3) is 0 Å². The highest BCUT2D eigenvalue weighted by molar-refractivity contribution is 6.27. The van der Waals surface area contributed by atoms with Gasteiger partial charge in [-0.25, -0.2) is 4.79 Å². The van der Waals surface area contributed by atoms with Crippen molar-refractivity contribution in [2.24, 2.45) is 0 Å². The molecule has 32 heavy (non-hydrogen) atoms. The van der Waals surface area contributed by atoms with Crippen LogP contribution in [-0.2, 0) is 14.3 Å². The SMILES string of the molecule is C=CCOc1ccc([C@H]2CC(O)(C(=O)OCC)OC3=C2C(=O)c2ccccc2C3=O)cc1. The van der Waals surface area contributed by atoms with Gasteiger partial charge in [0.05, 0.1) is 12.2 Å². The number of ether oxygens (including phenoxy) is 3. The molecule has 1 aliphatic carbocycles. The van der Waals surface area contributed by atoms with E-state index in [0.717, 1.165) is 0 Å². The van der Waals surface area contributed by atoms with Crippen LogP contribution in [0.4, 0.5) is 0 Å². The van der Waals surface area contributed by atoms with Gasteiger partial charge in [-0.15, -0.1) is 0 Å². The number of benzene rings is 2. The highest BCUT2D eigenvalue weighted by Crippen LogP contribution is 2.46. The molecule has 0 aromatic heterocycles. The molecule has 0 saturated carbocycles. The molecule has 0 radical (unpaired) electrons. The summed E-state index contributed by atoms with van der Waals surface area (Å²) in [5.41, 5.74) is 1.16. The van der Waals surface area contributed by atoms with Crippen molar-refractivity contribution in [3.8, 4) is 5.75 Å². The third-order valence-corrected chi connectivity index (χ3v) is 5.46. The monoisotopic (exact) mass is 434 g/mol. The molecule has 7 nitrogen and oxygen atoms in total. The van der Waals surface area contributed by atoms with Gasteiger partial charge in [-0.1, -0.05) is 49.1 Å². The summed E-state index contributed by atoms with van der Waals surface area (Å²) in [4.78, 5) is 39.1. The molecular formula is C25H22O7. The molecule has 2 aromatic rings. The molecular weight excluding hydrogens is 412 g/mol. The number of hydrogen-bond donors (Lipinski definition) is 1. The number of Topliss-reactive ketones (excluding diaryl/α,β-unsaturated/α-hetero) is 2. The topological polar surface area (TPSA) is 99.1 Å². The summed E-state index contributed by atoms with van der Waals surface area (Å²) < 4.78 is 16.0. The predicted molar refractivity (Wildman–Crippen MR) is 114 cm³/mol. The van der Waals surface area contributed by atoms with Gasteiger partial charge in [0.15, 0.2) is 11.5 Å². The second-order valence-corrected chi connectivity index (χ2v) is 7.48. The lowest BCUT2D eigenvalue weighted by atomic mass is 9.75. The lowest BCUT2D eigenvalue weighted by Gasteiger charge is -2.39. The lowest BCUT2D eigenvalue weighted by Crippen LogP contribution is -2.49. The highest BCUT2D eigenvalue weighted by Gasteiger charge is 2.53. The van der Waals surface area contributed by atoms with Crippen LogP contribution in [0.3, 0.4) is 0 Å². The van der Waals surface area contributed by atoms with Gasteiger partial charge in [-0.3, -0.25) is 9.59 Å². The number of fused-ring (bicyclic) bond motifs is 1. The Morgan fingerprint density at radius 2 is 1.81 bits per heavy atom. The molecule has 1 heterocycles. The number of ketones is 2. The average Bonchev–Trinajstić information content (AvgIpc) is 2.81. The van der Waals surface area contributed by atoms with Crippen molar-refractivity contribution in [3.05, 3.63) is 89.2 Å². The fraction of sp³-hybridized carbons (Fsp3) is 0.240. The first-order chi connectivity index (χ1) is 15.4. The van der Waals surface area contributed by atoms with Crippen molar-refractivity contribution >= 4 is 17.5 Å². The fourth-order valence-electron chi connectivity index (χ4n) is 3.98. The minimum atomic E-state index is -2.40. The lowest BCUT2D eigenvalue weighted by molar-refractivity contribution is -0.220. The van der Waals surface area contributed by atoms with E-state index in [0.29, 0.717) is 17.9 Å². The second-order valence-electron chi connectivity index (χ2n) is 7.48. The third kappa shape index (κ3) is 3.61. The van der Waals surface area contributed by atoms with E-state index in [4.69, 9.17) is 14.2 Å². The van der Waals surface area contributed by atoms with E-state index in [1.165, 1.54) is 6.07 Å². The quantitative estimate of drug-likeness (QED) is 0.550.